The lowest BCUT2D eigenvalue weighted by Gasteiger charge is -2.37. The average Bonchev–Trinajstić information content (AvgIpc) is 2.79. The van der Waals surface area contributed by atoms with Gasteiger partial charge < -0.3 is 5.32 Å². The van der Waals surface area contributed by atoms with E-state index in [1.165, 1.54) is 30.3 Å². The minimum Gasteiger partial charge on any atom is -0.343 e. The van der Waals surface area contributed by atoms with E-state index in [4.69, 9.17) is 0 Å². The van der Waals surface area contributed by atoms with Crippen molar-refractivity contribution in [3.05, 3.63) is 101 Å². The van der Waals surface area contributed by atoms with E-state index < -0.39 is 5.82 Å². The zero-order valence-corrected chi connectivity index (χ0v) is 17.2. The molecule has 2 atom stereocenters. The second-order valence-electron chi connectivity index (χ2n) is 7.98. The fourth-order valence-electron chi connectivity index (χ4n) is 4.20. The van der Waals surface area contributed by atoms with Crippen molar-refractivity contribution in [3.8, 4) is 0 Å². The Morgan fingerprint density at radius 2 is 1.90 bits per heavy atom. The van der Waals surface area contributed by atoms with E-state index in [2.05, 4.69) is 15.2 Å². The Bertz CT molecular complexity index is 1010. The van der Waals surface area contributed by atoms with Crippen LogP contribution in [0, 0.1) is 17.6 Å². The number of likely N-dealkylation sites (tertiary alicyclic amines) is 1. The SMILES string of the molecule is O=C(N[C@H](c1ccccn1)[C@@H]1CCCN(Cc2ccc(F)cc2)C1)c1cccc(F)c1. The molecule has 1 aliphatic heterocycles. The first-order valence-electron chi connectivity index (χ1n) is 10.5. The molecule has 2 heterocycles. The number of aromatic nitrogens is 1. The van der Waals surface area contributed by atoms with E-state index in [0.29, 0.717) is 5.56 Å². The summed E-state index contributed by atoms with van der Waals surface area (Å²) in [4.78, 5) is 19.7. The summed E-state index contributed by atoms with van der Waals surface area (Å²) in [5, 5.41) is 3.09. The standard InChI is InChI=1S/C25H25F2N3O/c26-21-11-9-18(10-12-21)16-30-14-4-6-20(17-30)24(23-8-1-2-13-28-23)29-25(31)19-5-3-7-22(27)15-19/h1-3,5,7-13,15,20,24H,4,6,14,16-17H2,(H,29,31)/t20-,24+/m1/s1. The van der Waals surface area contributed by atoms with Crippen molar-refractivity contribution in [2.75, 3.05) is 13.1 Å². The lowest BCUT2D eigenvalue weighted by Crippen LogP contribution is -2.43. The lowest BCUT2D eigenvalue weighted by atomic mass is 9.88. The van der Waals surface area contributed by atoms with Gasteiger partial charge in [-0.25, -0.2) is 8.78 Å². The summed E-state index contributed by atoms with van der Waals surface area (Å²) < 4.78 is 26.8. The molecule has 0 spiro atoms. The molecule has 0 saturated carbocycles. The number of nitrogens with zero attached hydrogens (tertiary/aromatic N) is 2. The first kappa shape index (κ1) is 21.1. The van der Waals surface area contributed by atoms with Crippen molar-refractivity contribution in [2.24, 2.45) is 5.92 Å². The van der Waals surface area contributed by atoms with Gasteiger partial charge >= 0.3 is 0 Å². The third kappa shape index (κ3) is 5.52. The molecule has 0 radical (unpaired) electrons. The van der Waals surface area contributed by atoms with Crippen molar-refractivity contribution >= 4 is 5.91 Å². The zero-order chi connectivity index (χ0) is 21.6. The first-order valence-corrected chi connectivity index (χ1v) is 10.5. The second-order valence-corrected chi connectivity index (χ2v) is 7.98. The average molecular weight is 421 g/mol. The van der Waals surface area contributed by atoms with Crippen molar-refractivity contribution in [2.45, 2.75) is 25.4 Å². The quantitative estimate of drug-likeness (QED) is 0.625. The minimum atomic E-state index is -0.440. The van der Waals surface area contributed by atoms with E-state index >= 15 is 0 Å². The highest BCUT2D eigenvalue weighted by Crippen LogP contribution is 2.30. The molecule has 1 aliphatic rings. The number of amides is 1. The van der Waals surface area contributed by atoms with Gasteiger partial charge in [-0.15, -0.1) is 0 Å². The van der Waals surface area contributed by atoms with Crippen molar-refractivity contribution < 1.29 is 13.6 Å². The van der Waals surface area contributed by atoms with E-state index in [1.807, 2.05) is 18.2 Å². The molecular formula is C25H25F2N3O. The number of carbonyl (C=O) groups excluding carboxylic acids is 1. The highest BCUT2D eigenvalue weighted by atomic mass is 19.1. The molecule has 6 heteroatoms. The summed E-state index contributed by atoms with van der Waals surface area (Å²) in [5.41, 5.74) is 2.14. The number of halogens is 2. The van der Waals surface area contributed by atoms with Gasteiger partial charge in [0.25, 0.3) is 5.91 Å². The summed E-state index contributed by atoms with van der Waals surface area (Å²) >= 11 is 0. The molecule has 31 heavy (non-hydrogen) atoms. The molecule has 2 aromatic carbocycles. The smallest absolute Gasteiger partial charge is 0.251 e. The van der Waals surface area contributed by atoms with Crippen LogP contribution in [-0.4, -0.2) is 28.9 Å². The number of carbonyl (C=O) groups is 1. The van der Waals surface area contributed by atoms with E-state index in [-0.39, 0.29) is 23.7 Å². The molecule has 1 aromatic heterocycles. The van der Waals surface area contributed by atoms with Crippen LogP contribution in [0.25, 0.3) is 0 Å². The molecule has 1 N–H and O–H groups in total. The van der Waals surface area contributed by atoms with Gasteiger partial charge in [-0.05, 0) is 73.3 Å². The monoisotopic (exact) mass is 421 g/mol. The summed E-state index contributed by atoms with van der Waals surface area (Å²) in [7, 11) is 0. The number of hydrogen-bond acceptors (Lipinski definition) is 3. The molecule has 1 saturated heterocycles. The van der Waals surface area contributed by atoms with Crippen molar-refractivity contribution in [1.82, 2.24) is 15.2 Å². The van der Waals surface area contributed by atoms with Gasteiger partial charge in [-0.2, -0.15) is 0 Å². The Morgan fingerprint density at radius 1 is 1.06 bits per heavy atom. The maximum Gasteiger partial charge on any atom is 0.251 e. The van der Waals surface area contributed by atoms with Crippen LogP contribution in [0.4, 0.5) is 8.78 Å². The van der Waals surface area contributed by atoms with Gasteiger partial charge in [0.15, 0.2) is 0 Å². The molecule has 4 rings (SSSR count). The van der Waals surface area contributed by atoms with E-state index in [9.17, 15) is 13.6 Å². The van der Waals surface area contributed by atoms with Crippen LogP contribution in [0.5, 0.6) is 0 Å². The van der Waals surface area contributed by atoms with Gasteiger partial charge in [0.1, 0.15) is 11.6 Å². The molecule has 0 bridgehead atoms. The van der Waals surface area contributed by atoms with E-state index in [0.717, 1.165) is 43.7 Å². The highest BCUT2D eigenvalue weighted by Gasteiger charge is 2.30. The number of rotatable bonds is 6. The summed E-state index contributed by atoms with van der Waals surface area (Å²) in [6.45, 7) is 2.45. The second kappa shape index (κ2) is 9.79. The van der Waals surface area contributed by atoms with Gasteiger partial charge in [0.2, 0.25) is 0 Å². The van der Waals surface area contributed by atoms with Gasteiger partial charge in [-0.3, -0.25) is 14.7 Å². The van der Waals surface area contributed by atoms with Crippen LogP contribution in [-0.2, 0) is 6.54 Å². The van der Waals surface area contributed by atoms with Gasteiger partial charge in [0.05, 0.1) is 11.7 Å². The minimum absolute atomic E-state index is 0.154. The van der Waals surface area contributed by atoms with Crippen molar-refractivity contribution in [1.29, 1.82) is 0 Å². The fraction of sp³-hybridized carbons (Fsp3) is 0.280. The van der Waals surface area contributed by atoms with Gasteiger partial charge in [-0.1, -0.05) is 24.3 Å². The van der Waals surface area contributed by atoms with Crippen LogP contribution < -0.4 is 5.32 Å². The molecular weight excluding hydrogens is 396 g/mol. The lowest BCUT2D eigenvalue weighted by molar-refractivity contribution is 0.0874. The predicted molar refractivity (Wildman–Crippen MR) is 115 cm³/mol. The molecule has 1 amide bonds. The van der Waals surface area contributed by atoms with Crippen LogP contribution in [0.15, 0.2) is 72.9 Å². The topological polar surface area (TPSA) is 45.2 Å². The largest absolute Gasteiger partial charge is 0.343 e. The predicted octanol–water partition coefficient (Wildman–Crippen LogP) is 4.74. The molecule has 0 aliphatic carbocycles. The van der Waals surface area contributed by atoms with Crippen LogP contribution in [0.2, 0.25) is 0 Å². The van der Waals surface area contributed by atoms with Crippen LogP contribution >= 0.6 is 0 Å². The number of nitrogens with one attached hydrogen (secondary N) is 1. The Hall–Kier alpha value is -3.12. The number of piperidine rings is 1. The number of pyridine rings is 1. The van der Waals surface area contributed by atoms with Crippen LogP contribution in [0.3, 0.4) is 0 Å². The Labute approximate surface area is 180 Å². The Kier molecular flexibility index (Phi) is 6.67. The fourth-order valence-corrected chi connectivity index (χ4v) is 4.20. The summed E-state index contributed by atoms with van der Waals surface area (Å²) in [5.74, 6) is -0.840. The Balaban J connectivity index is 1.52. The molecule has 4 nitrogen and oxygen atoms in total. The van der Waals surface area contributed by atoms with Gasteiger partial charge in [0, 0.05) is 24.8 Å². The maximum absolute atomic E-state index is 13.6. The third-order valence-electron chi connectivity index (χ3n) is 5.71. The maximum atomic E-state index is 13.6. The zero-order valence-electron chi connectivity index (χ0n) is 17.2. The molecule has 3 aromatic rings. The molecule has 160 valence electrons. The van der Waals surface area contributed by atoms with E-state index in [1.54, 1.807) is 24.4 Å². The Morgan fingerprint density at radius 3 is 2.65 bits per heavy atom. The summed E-state index contributed by atoms with van der Waals surface area (Å²) in [6, 6.07) is 17.7. The molecule has 1 fully saturated rings. The first-order chi connectivity index (χ1) is 15.1. The number of benzene rings is 2. The van der Waals surface area contributed by atoms with Crippen molar-refractivity contribution in [3.63, 3.8) is 0 Å². The number of hydrogen-bond donors (Lipinski definition) is 1. The normalized spacial score (nSPS) is 17.8. The summed E-state index contributed by atoms with van der Waals surface area (Å²) in [6.07, 6.45) is 3.66. The highest BCUT2D eigenvalue weighted by molar-refractivity contribution is 5.94. The molecule has 0 unspecified atom stereocenters. The third-order valence-corrected chi connectivity index (χ3v) is 5.71. The van der Waals surface area contributed by atoms with Crippen LogP contribution in [0.1, 0.15) is 40.5 Å².